The Morgan fingerprint density at radius 2 is 2.00 bits per heavy atom. The van der Waals surface area contributed by atoms with Gasteiger partial charge in [0.05, 0.1) is 19.8 Å². The number of likely N-dealkylation sites (N-methyl/N-ethyl adjacent to an activating group) is 1. The van der Waals surface area contributed by atoms with Gasteiger partial charge in [0.1, 0.15) is 17.3 Å². The zero-order valence-corrected chi connectivity index (χ0v) is 16.0. The van der Waals surface area contributed by atoms with Gasteiger partial charge >= 0.3 is 0 Å². The smallest absolute Gasteiger partial charge is 0.274 e. The van der Waals surface area contributed by atoms with Crippen LogP contribution >= 0.6 is 0 Å². The van der Waals surface area contributed by atoms with Crippen molar-refractivity contribution in [3.05, 3.63) is 77.4 Å². The van der Waals surface area contributed by atoms with Gasteiger partial charge in [-0.1, -0.05) is 24.3 Å². The minimum Gasteiger partial charge on any atom is -0.497 e. The zero-order chi connectivity index (χ0) is 20.3. The largest absolute Gasteiger partial charge is 0.497 e. The average Bonchev–Trinajstić information content (AvgIpc) is 3.09. The monoisotopic (exact) mass is 383 g/mol. The molecule has 1 aromatic heterocycles. The lowest BCUT2D eigenvalue weighted by molar-refractivity contribution is 0.0675. The number of aromatic nitrogens is 2. The quantitative estimate of drug-likeness (QED) is 0.710. The second-order valence-corrected chi connectivity index (χ2v) is 6.51. The number of aliphatic hydroxyl groups is 1. The number of aryl methyl sites for hydroxylation is 1. The van der Waals surface area contributed by atoms with Crippen molar-refractivity contribution < 1.29 is 19.0 Å². The molecule has 28 heavy (non-hydrogen) atoms. The molecule has 146 valence electrons. The first-order chi connectivity index (χ1) is 13.4. The van der Waals surface area contributed by atoms with Crippen molar-refractivity contribution in [2.45, 2.75) is 13.0 Å². The minimum absolute atomic E-state index is 0.0810. The van der Waals surface area contributed by atoms with Crippen molar-refractivity contribution in [1.29, 1.82) is 0 Å². The van der Waals surface area contributed by atoms with Crippen LogP contribution < -0.4 is 4.74 Å². The van der Waals surface area contributed by atoms with Crippen LogP contribution in [0, 0.1) is 12.7 Å². The Balaban J connectivity index is 1.76. The molecule has 1 unspecified atom stereocenters. The third-order valence-electron chi connectivity index (χ3n) is 4.46. The molecule has 0 fully saturated rings. The molecule has 3 aromatic rings. The van der Waals surface area contributed by atoms with Gasteiger partial charge in [0.2, 0.25) is 0 Å². The summed E-state index contributed by atoms with van der Waals surface area (Å²) in [4.78, 5) is 14.1. The van der Waals surface area contributed by atoms with E-state index in [9.17, 15) is 14.3 Å². The predicted octanol–water partition coefficient (Wildman–Crippen LogP) is 3.13. The van der Waals surface area contributed by atoms with E-state index in [1.807, 2.05) is 0 Å². The van der Waals surface area contributed by atoms with Gasteiger partial charge < -0.3 is 14.7 Å². The van der Waals surface area contributed by atoms with Crippen LogP contribution in [-0.2, 0) is 0 Å². The minimum atomic E-state index is -0.876. The number of benzene rings is 2. The second kappa shape index (κ2) is 8.22. The molecular formula is C21H22FN3O3. The van der Waals surface area contributed by atoms with E-state index in [2.05, 4.69) is 5.10 Å². The fourth-order valence-electron chi connectivity index (χ4n) is 2.94. The Kier molecular flexibility index (Phi) is 5.75. The Labute approximate surface area is 162 Å². The van der Waals surface area contributed by atoms with E-state index in [1.165, 1.54) is 15.6 Å². The molecule has 2 aromatic carbocycles. The fraction of sp³-hybridized carbons (Fsp3) is 0.238. The van der Waals surface area contributed by atoms with Crippen molar-refractivity contribution in [1.82, 2.24) is 14.7 Å². The maximum Gasteiger partial charge on any atom is 0.274 e. The molecule has 7 heteroatoms. The molecule has 0 spiro atoms. The van der Waals surface area contributed by atoms with Crippen molar-refractivity contribution in [3.8, 4) is 11.4 Å². The highest BCUT2D eigenvalue weighted by Gasteiger charge is 2.21. The molecule has 1 heterocycles. The number of carbonyl (C=O) groups is 1. The third kappa shape index (κ3) is 4.04. The Bertz CT molecular complexity index is 987. The summed E-state index contributed by atoms with van der Waals surface area (Å²) in [6.45, 7) is 1.83. The molecule has 0 bridgehead atoms. The lowest BCUT2D eigenvalue weighted by Crippen LogP contribution is -2.31. The maximum atomic E-state index is 14.0. The first kappa shape index (κ1) is 19.6. The van der Waals surface area contributed by atoms with E-state index < -0.39 is 11.9 Å². The van der Waals surface area contributed by atoms with Gasteiger partial charge in [0.25, 0.3) is 5.91 Å². The normalized spacial score (nSPS) is 11.9. The van der Waals surface area contributed by atoms with E-state index in [1.54, 1.807) is 69.6 Å². The summed E-state index contributed by atoms with van der Waals surface area (Å²) >= 11 is 0. The highest BCUT2D eigenvalue weighted by Crippen LogP contribution is 2.21. The number of methoxy groups -OCH3 is 1. The standard InChI is InChI=1S/C21H22FN3O3/c1-14-11-18(23-25(14)19-10-5-4-9-17(19)22)21(27)24(2)13-20(26)15-7-6-8-16(12-15)28-3/h4-12,20,26H,13H2,1-3H3. The highest BCUT2D eigenvalue weighted by atomic mass is 19.1. The highest BCUT2D eigenvalue weighted by molar-refractivity contribution is 5.92. The number of carbonyl (C=O) groups excluding carboxylic acids is 1. The average molecular weight is 383 g/mol. The molecule has 0 saturated carbocycles. The first-order valence-corrected chi connectivity index (χ1v) is 8.79. The molecular weight excluding hydrogens is 361 g/mol. The number of ether oxygens (including phenoxy) is 1. The molecule has 1 N–H and O–H groups in total. The summed E-state index contributed by atoms with van der Waals surface area (Å²) in [7, 11) is 3.14. The summed E-state index contributed by atoms with van der Waals surface area (Å²) < 4.78 is 20.6. The lowest BCUT2D eigenvalue weighted by atomic mass is 10.1. The van der Waals surface area contributed by atoms with Crippen molar-refractivity contribution in [3.63, 3.8) is 0 Å². The number of rotatable bonds is 6. The Morgan fingerprint density at radius 1 is 1.25 bits per heavy atom. The number of para-hydroxylation sites is 1. The van der Waals surface area contributed by atoms with Crippen LogP contribution in [0.4, 0.5) is 4.39 Å². The number of hydrogen-bond acceptors (Lipinski definition) is 4. The topological polar surface area (TPSA) is 67.6 Å². The number of hydrogen-bond donors (Lipinski definition) is 1. The van der Waals surface area contributed by atoms with Crippen LogP contribution in [0.5, 0.6) is 5.75 Å². The fourth-order valence-corrected chi connectivity index (χ4v) is 2.94. The van der Waals surface area contributed by atoms with Gasteiger partial charge in [-0.25, -0.2) is 9.07 Å². The van der Waals surface area contributed by atoms with Crippen LogP contribution in [0.25, 0.3) is 5.69 Å². The second-order valence-electron chi connectivity index (χ2n) is 6.51. The van der Waals surface area contributed by atoms with Crippen LogP contribution in [0.3, 0.4) is 0 Å². The maximum absolute atomic E-state index is 14.0. The molecule has 1 amide bonds. The van der Waals surface area contributed by atoms with Crippen molar-refractivity contribution in [2.24, 2.45) is 0 Å². The number of aliphatic hydroxyl groups excluding tert-OH is 1. The SMILES string of the molecule is COc1cccc(C(O)CN(C)C(=O)c2cc(C)n(-c3ccccc3F)n2)c1. The molecule has 0 aliphatic carbocycles. The summed E-state index contributed by atoms with van der Waals surface area (Å²) in [5.41, 5.74) is 1.74. The van der Waals surface area contributed by atoms with E-state index >= 15 is 0 Å². The zero-order valence-electron chi connectivity index (χ0n) is 16.0. The summed E-state index contributed by atoms with van der Waals surface area (Å²) in [5, 5.41) is 14.7. The van der Waals surface area contributed by atoms with E-state index in [4.69, 9.17) is 4.74 Å². The van der Waals surface area contributed by atoms with Gasteiger partial charge in [-0.3, -0.25) is 4.79 Å². The van der Waals surface area contributed by atoms with Crippen LogP contribution in [-0.4, -0.2) is 46.4 Å². The molecule has 1 atom stereocenters. The van der Waals surface area contributed by atoms with E-state index in [0.717, 1.165) is 0 Å². The molecule has 3 rings (SSSR count). The van der Waals surface area contributed by atoms with Gasteiger partial charge in [-0.05, 0) is 42.8 Å². The summed E-state index contributed by atoms with van der Waals surface area (Å²) in [6.07, 6.45) is -0.876. The van der Waals surface area contributed by atoms with Gasteiger partial charge in [0, 0.05) is 12.7 Å². The molecule has 6 nitrogen and oxygen atoms in total. The third-order valence-corrected chi connectivity index (χ3v) is 4.46. The van der Waals surface area contributed by atoms with Crippen LogP contribution in [0.2, 0.25) is 0 Å². The predicted molar refractivity (Wildman–Crippen MR) is 103 cm³/mol. The van der Waals surface area contributed by atoms with E-state index in [-0.39, 0.29) is 23.8 Å². The Hall–Kier alpha value is -3.19. The number of nitrogens with zero attached hydrogens (tertiary/aromatic N) is 3. The molecule has 0 aliphatic rings. The Morgan fingerprint density at radius 3 is 2.71 bits per heavy atom. The first-order valence-electron chi connectivity index (χ1n) is 8.79. The van der Waals surface area contributed by atoms with Crippen LogP contribution in [0.15, 0.2) is 54.6 Å². The van der Waals surface area contributed by atoms with Gasteiger partial charge in [-0.15, -0.1) is 0 Å². The summed E-state index contributed by atoms with van der Waals surface area (Å²) in [6, 6.07) is 14.9. The molecule has 0 saturated heterocycles. The molecule has 0 radical (unpaired) electrons. The van der Waals surface area contributed by atoms with Crippen LogP contribution in [0.1, 0.15) is 27.8 Å². The summed E-state index contributed by atoms with van der Waals surface area (Å²) in [5.74, 6) is -0.153. The van der Waals surface area contributed by atoms with Crippen molar-refractivity contribution >= 4 is 5.91 Å². The lowest BCUT2D eigenvalue weighted by Gasteiger charge is -2.20. The van der Waals surface area contributed by atoms with E-state index in [0.29, 0.717) is 17.0 Å². The molecule has 0 aliphatic heterocycles. The van der Waals surface area contributed by atoms with Gasteiger partial charge in [0.15, 0.2) is 5.69 Å². The number of halogens is 1. The van der Waals surface area contributed by atoms with Gasteiger partial charge in [-0.2, -0.15) is 5.10 Å². The van der Waals surface area contributed by atoms with Crippen molar-refractivity contribution in [2.75, 3.05) is 20.7 Å². The number of amides is 1.